The van der Waals surface area contributed by atoms with Crippen LogP contribution in [0.4, 0.5) is 0 Å². The van der Waals surface area contributed by atoms with Gasteiger partial charge in [-0.05, 0) is 37.1 Å². The summed E-state index contributed by atoms with van der Waals surface area (Å²) in [6.45, 7) is 4.79. The van der Waals surface area contributed by atoms with Crippen molar-refractivity contribution in [3.8, 4) is 5.75 Å². The smallest absolute Gasteiger partial charge is 0.132 e. The van der Waals surface area contributed by atoms with Crippen molar-refractivity contribution in [2.24, 2.45) is 0 Å². The van der Waals surface area contributed by atoms with Gasteiger partial charge < -0.3 is 4.74 Å². The largest absolute Gasteiger partial charge is 0.487 e. The first-order valence-electron chi connectivity index (χ1n) is 6.54. The lowest BCUT2D eigenvalue weighted by Gasteiger charge is -2.08. The number of ether oxygens (including phenoxy) is 1. The van der Waals surface area contributed by atoms with Gasteiger partial charge in [0.2, 0.25) is 0 Å². The van der Waals surface area contributed by atoms with E-state index in [0.29, 0.717) is 18.5 Å². The number of halogens is 1. The molecule has 0 saturated carbocycles. The molecule has 102 valence electrons. The van der Waals surface area contributed by atoms with Crippen molar-refractivity contribution in [1.29, 1.82) is 0 Å². The highest BCUT2D eigenvalue weighted by Gasteiger charge is 2.05. The average Bonchev–Trinajstić information content (AvgIpc) is 2.93. The molecule has 0 aliphatic carbocycles. The van der Waals surface area contributed by atoms with Gasteiger partial charge in [0.25, 0.3) is 0 Å². The lowest BCUT2D eigenvalue weighted by molar-refractivity contribution is 0.298. The second-order valence-electron chi connectivity index (χ2n) is 4.61. The van der Waals surface area contributed by atoms with E-state index in [9.17, 15) is 0 Å². The molecule has 0 fully saturated rings. The van der Waals surface area contributed by atoms with Gasteiger partial charge in [-0.3, -0.25) is 4.68 Å². The first-order valence-corrected chi connectivity index (χ1v) is 7.08. The normalized spacial score (nSPS) is 12.4. The number of hydrogen-bond donors (Lipinski definition) is 0. The molecule has 4 heteroatoms. The van der Waals surface area contributed by atoms with Gasteiger partial charge in [-0.15, -0.1) is 11.6 Å². The quantitative estimate of drug-likeness (QED) is 0.742. The number of nitrogens with zero attached hydrogens (tertiary/aromatic N) is 2. The van der Waals surface area contributed by atoms with E-state index in [2.05, 4.69) is 18.9 Å². The van der Waals surface area contributed by atoms with Crippen LogP contribution in [-0.4, -0.2) is 9.78 Å². The van der Waals surface area contributed by atoms with Crippen LogP contribution in [0.5, 0.6) is 5.75 Å². The second-order valence-corrected chi connectivity index (χ2v) is 4.88. The fourth-order valence-corrected chi connectivity index (χ4v) is 1.93. The molecule has 1 heterocycles. The molecular weight excluding hydrogens is 260 g/mol. The topological polar surface area (TPSA) is 27.1 Å². The Balaban J connectivity index is 1.96. The fraction of sp³-hybridized carbons (Fsp3) is 0.400. The molecule has 0 amide bonds. The summed E-state index contributed by atoms with van der Waals surface area (Å²) in [5.74, 6) is 1.33. The van der Waals surface area contributed by atoms with Crippen molar-refractivity contribution in [2.45, 2.75) is 38.8 Å². The average molecular weight is 279 g/mol. The molecule has 3 nitrogen and oxygen atoms in total. The van der Waals surface area contributed by atoms with Gasteiger partial charge in [0.1, 0.15) is 12.4 Å². The van der Waals surface area contributed by atoms with E-state index >= 15 is 0 Å². The predicted molar refractivity (Wildman–Crippen MR) is 77.6 cm³/mol. The van der Waals surface area contributed by atoms with E-state index in [1.807, 2.05) is 41.2 Å². The van der Waals surface area contributed by atoms with Crippen molar-refractivity contribution in [3.05, 3.63) is 47.8 Å². The summed E-state index contributed by atoms with van der Waals surface area (Å²) in [5.41, 5.74) is 2.00. The van der Waals surface area contributed by atoms with Gasteiger partial charge in [-0.1, -0.05) is 19.1 Å². The standard InChI is InChI=1S/C15H19ClN2O/c1-3-12(2)18-8-7-14(17-18)11-19-15-6-4-5-13(9-15)10-16/h4-9,12H,3,10-11H2,1-2H3. The fourth-order valence-electron chi connectivity index (χ4n) is 1.76. The molecule has 1 aromatic carbocycles. The third-order valence-electron chi connectivity index (χ3n) is 3.15. The summed E-state index contributed by atoms with van der Waals surface area (Å²) in [6, 6.07) is 10.2. The summed E-state index contributed by atoms with van der Waals surface area (Å²) < 4.78 is 7.71. The van der Waals surface area contributed by atoms with Crippen molar-refractivity contribution < 1.29 is 4.74 Å². The summed E-state index contributed by atoms with van der Waals surface area (Å²) in [7, 11) is 0. The van der Waals surface area contributed by atoms with Crippen LogP contribution >= 0.6 is 11.6 Å². The number of rotatable bonds is 6. The molecular formula is C15H19ClN2O. The zero-order chi connectivity index (χ0) is 13.7. The SMILES string of the molecule is CCC(C)n1ccc(COc2cccc(CCl)c2)n1. The monoisotopic (exact) mass is 278 g/mol. The third kappa shape index (κ3) is 3.74. The Morgan fingerprint density at radius 2 is 2.21 bits per heavy atom. The maximum Gasteiger partial charge on any atom is 0.132 e. The lowest BCUT2D eigenvalue weighted by Crippen LogP contribution is -2.05. The predicted octanol–water partition coefficient (Wildman–Crippen LogP) is 4.17. The van der Waals surface area contributed by atoms with Crippen molar-refractivity contribution in [1.82, 2.24) is 9.78 Å². The second kappa shape index (κ2) is 6.62. The minimum absolute atomic E-state index is 0.424. The van der Waals surface area contributed by atoms with Gasteiger partial charge in [-0.25, -0.2) is 0 Å². The van der Waals surface area contributed by atoms with E-state index in [-0.39, 0.29) is 0 Å². The highest BCUT2D eigenvalue weighted by Crippen LogP contribution is 2.16. The van der Waals surface area contributed by atoms with Crippen molar-refractivity contribution >= 4 is 11.6 Å². The van der Waals surface area contributed by atoms with Crippen molar-refractivity contribution in [3.63, 3.8) is 0 Å². The first kappa shape index (κ1) is 13.9. The van der Waals surface area contributed by atoms with Gasteiger partial charge in [0.15, 0.2) is 0 Å². The van der Waals surface area contributed by atoms with Crippen LogP contribution in [0.25, 0.3) is 0 Å². The van der Waals surface area contributed by atoms with E-state index in [1.165, 1.54) is 0 Å². The Morgan fingerprint density at radius 3 is 2.95 bits per heavy atom. The minimum Gasteiger partial charge on any atom is -0.487 e. The van der Waals surface area contributed by atoms with Crippen LogP contribution in [0.1, 0.15) is 37.6 Å². The van der Waals surface area contributed by atoms with Crippen LogP contribution in [0.15, 0.2) is 36.5 Å². The number of benzene rings is 1. The van der Waals surface area contributed by atoms with Crippen molar-refractivity contribution in [2.75, 3.05) is 0 Å². The summed E-state index contributed by atoms with van der Waals surface area (Å²) in [5, 5.41) is 4.50. The molecule has 0 bridgehead atoms. The summed E-state index contributed by atoms with van der Waals surface area (Å²) in [4.78, 5) is 0. The molecule has 0 saturated heterocycles. The van der Waals surface area contributed by atoms with Crippen LogP contribution in [-0.2, 0) is 12.5 Å². The molecule has 2 rings (SSSR count). The highest BCUT2D eigenvalue weighted by atomic mass is 35.5. The van der Waals surface area contributed by atoms with E-state index in [0.717, 1.165) is 23.4 Å². The Kier molecular flexibility index (Phi) is 4.86. The van der Waals surface area contributed by atoms with Gasteiger partial charge in [0, 0.05) is 18.1 Å². The third-order valence-corrected chi connectivity index (χ3v) is 3.45. The number of alkyl halides is 1. The van der Waals surface area contributed by atoms with E-state index < -0.39 is 0 Å². The molecule has 0 aliphatic rings. The Labute approximate surface area is 119 Å². The molecule has 1 unspecified atom stereocenters. The van der Waals surface area contributed by atoms with Crippen LogP contribution in [0.2, 0.25) is 0 Å². The molecule has 19 heavy (non-hydrogen) atoms. The highest BCUT2D eigenvalue weighted by molar-refractivity contribution is 6.17. The zero-order valence-corrected chi connectivity index (χ0v) is 12.1. The zero-order valence-electron chi connectivity index (χ0n) is 11.3. The van der Waals surface area contributed by atoms with E-state index in [4.69, 9.17) is 16.3 Å². The van der Waals surface area contributed by atoms with Crippen LogP contribution in [0.3, 0.4) is 0 Å². The molecule has 0 N–H and O–H groups in total. The Hall–Kier alpha value is -1.48. The number of hydrogen-bond acceptors (Lipinski definition) is 2. The van der Waals surface area contributed by atoms with Gasteiger partial charge in [0.05, 0.1) is 5.69 Å². The van der Waals surface area contributed by atoms with E-state index in [1.54, 1.807) is 0 Å². The summed E-state index contributed by atoms with van der Waals surface area (Å²) >= 11 is 5.80. The molecule has 0 spiro atoms. The van der Waals surface area contributed by atoms with Crippen LogP contribution < -0.4 is 4.74 Å². The molecule has 1 aromatic heterocycles. The van der Waals surface area contributed by atoms with Gasteiger partial charge >= 0.3 is 0 Å². The maximum atomic E-state index is 5.80. The Morgan fingerprint density at radius 1 is 1.37 bits per heavy atom. The summed E-state index contributed by atoms with van der Waals surface area (Å²) in [6.07, 6.45) is 3.07. The molecule has 2 aromatic rings. The molecule has 0 radical (unpaired) electrons. The number of aromatic nitrogens is 2. The van der Waals surface area contributed by atoms with Crippen LogP contribution in [0, 0.1) is 0 Å². The molecule has 0 aliphatic heterocycles. The Bertz CT molecular complexity index is 524. The van der Waals surface area contributed by atoms with Gasteiger partial charge in [-0.2, -0.15) is 5.10 Å². The maximum absolute atomic E-state index is 5.80. The lowest BCUT2D eigenvalue weighted by atomic mass is 10.2. The first-order chi connectivity index (χ1) is 9.22. The molecule has 1 atom stereocenters. The minimum atomic E-state index is 0.424.